The van der Waals surface area contributed by atoms with Crippen molar-refractivity contribution in [3.8, 4) is 0 Å². The lowest BCUT2D eigenvalue weighted by Gasteiger charge is -2.31. The second-order valence-electron chi connectivity index (χ2n) is 7.29. The Balaban J connectivity index is 1.47. The number of hydrogen-bond acceptors (Lipinski definition) is 3. The number of benzene rings is 1. The fourth-order valence-corrected chi connectivity index (χ4v) is 4.83. The maximum atomic E-state index is 14.0. The van der Waals surface area contributed by atoms with Crippen molar-refractivity contribution >= 4 is 23.4 Å². The summed E-state index contributed by atoms with van der Waals surface area (Å²) in [6.07, 6.45) is 1.74. The largest absolute Gasteiger partial charge is 0.378 e. The van der Waals surface area contributed by atoms with E-state index in [0.29, 0.717) is 32.8 Å². The molecule has 1 aromatic carbocycles. The monoisotopic (exact) mass is 380 g/mol. The molecule has 26 heavy (non-hydrogen) atoms. The van der Waals surface area contributed by atoms with Crippen LogP contribution >= 0.6 is 11.6 Å². The van der Waals surface area contributed by atoms with Crippen molar-refractivity contribution in [2.45, 2.75) is 25.3 Å². The van der Waals surface area contributed by atoms with Crippen LogP contribution in [0.2, 0.25) is 5.02 Å². The predicted molar refractivity (Wildman–Crippen MR) is 94.2 cm³/mol. The number of nitrogens with zero attached hydrogens (tertiary/aromatic N) is 2. The molecule has 0 unspecified atom stereocenters. The maximum Gasteiger partial charge on any atom is 0.228 e. The highest BCUT2D eigenvalue weighted by atomic mass is 35.5. The number of hydrogen-bond donors (Lipinski definition) is 0. The van der Waals surface area contributed by atoms with Crippen LogP contribution in [-0.2, 0) is 20.7 Å². The molecule has 2 bridgehead atoms. The van der Waals surface area contributed by atoms with Crippen LogP contribution in [0.15, 0.2) is 18.2 Å². The molecular formula is C19H22ClFN2O3. The van der Waals surface area contributed by atoms with Gasteiger partial charge in [-0.3, -0.25) is 9.59 Å². The van der Waals surface area contributed by atoms with Gasteiger partial charge in [-0.25, -0.2) is 4.39 Å². The van der Waals surface area contributed by atoms with E-state index < -0.39 is 5.82 Å². The van der Waals surface area contributed by atoms with Crippen LogP contribution in [0, 0.1) is 17.7 Å². The molecule has 0 spiro atoms. The normalized spacial score (nSPS) is 27.8. The van der Waals surface area contributed by atoms with E-state index in [1.165, 1.54) is 12.1 Å². The van der Waals surface area contributed by atoms with Crippen molar-refractivity contribution in [2.24, 2.45) is 11.8 Å². The lowest BCUT2D eigenvalue weighted by Crippen LogP contribution is -2.47. The van der Waals surface area contributed by atoms with E-state index in [1.807, 2.05) is 4.90 Å². The lowest BCUT2D eigenvalue weighted by molar-refractivity contribution is -0.141. The van der Waals surface area contributed by atoms with E-state index in [4.69, 9.17) is 16.3 Å². The summed E-state index contributed by atoms with van der Waals surface area (Å²) in [5, 5.41) is 0.267. The van der Waals surface area contributed by atoms with Crippen molar-refractivity contribution in [1.29, 1.82) is 0 Å². The summed E-state index contributed by atoms with van der Waals surface area (Å²) in [6, 6.07) is 4.36. The van der Waals surface area contributed by atoms with Crippen molar-refractivity contribution in [2.75, 3.05) is 32.8 Å². The lowest BCUT2D eigenvalue weighted by atomic mass is 9.96. The molecule has 3 fully saturated rings. The SMILES string of the molecule is O=C([C@@H]1[C@H]2CC[C@@H]1N(C(=O)Cc1c(F)cccc1Cl)C2)N1CCOCC1. The highest BCUT2D eigenvalue weighted by molar-refractivity contribution is 6.31. The van der Waals surface area contributed by atoms with E-state index in [2.05, 4.69) is 0 Å². The highest BCUT2D eigenvalue weighted by Crippen LogP contribution is 2.44. The van der Waals surface area contributed by atoms with E-state index >= 15 is 0 Å². The molecule has 2 amide bonds. The van der Waals surface area contributed by atoms with E-state index in [9.17, 15) is 14.0 Å². The van der Waals surface area contributed by atoms with Crippen LogP contribution in [0.4, 0.5) is 4.39 Å². The number of ether oxygens (including phenoxy) is 1. The first kappa shape index (κ1) is 17.7. The molecule has 3 aliphatic rings. The van der Waals surface area contributed by atoms with Crippen LogP contribution < -0.4 is 0 Å². The molecule has 140 valence electrons. The molecule has 0 radical (unpaired) electrons. The molecule has 2 heterocycles. The number of halogens is 2. The predicted octanol–water partition coefficient (Wildman–Crippen LogP) is 2.12. The number of piperidine rings is 1. The van der Waals surface area contributed by atoms with Crippen molar-refractivity contribution < 1.29 is 18.7 Å². The number of rotatable bonds is 3. The quantitative estimate of drug-likeness (QED) is 0.807. The van der Waals surface area contributed by atoms with Crippen LogP contribution in [0.5, 0.6) is 0 Å². The van der Waals surface area contributed by atoms with Crippen LogP contribution in [0.1, 0.15) is 18.4 Å². The van der Waals surface area contributed by atoms with Crippen LogP contribution in [0.25, 0.3) is 0 Å². The Morgan fingerprint density at radius 2 is 2.00 bits per heavy atom. The first-order valence-corrected chi connectivity index (χ1v) is 9.53. The Morgan fingerprint density at radius 1 is 1.23 bits per heavy atom. The van der Waals surface area contributed by atoms with Gasteiger partial charge in [0, 0.05) is 36.3 Å². The van der Waals surface area contributed by atoms with Crippen LogP contribution in [0.3, 0.4) is 0 Å². The third-order valence-electron chi connectivity index (χ3n) is 5.91. The second-order valence-corrected chi connectivity index (χ2v) is 7.70. The van der Waals surface area contributed by atoms with Crippen molar-refractivity contribution in [3.63, 3.8) is 0 Å². The van der Waals surface area contributed by atoms with Gasteiger partial charge in [-0.2, -0.15) is 0 Å². The van der Waals surface area contributed by atoms with Gasteiger partial charge < -0.3 is 14.5 Å². The Labute approximate surface area is 157 Å². The van der Waals surface area contributed by atoms with Gasteiger partial charge >= 0.3 is 0 Å². The number of fused-ring (bicyclic) bond motifs is 2. The highest BCUT2D eigenvalue weighted by Gasteiger charge is 2.52. The molecule has 5 nitrogen and oxygen atoms in total. The Morgan fingerprint density at radius 3 is 2.73 bits per heavy atom. The summed E-state index contributed by atoms with van der Waals surface area (Å²) in [5.41, 5.74) is 0.234. The number of carbonyl (C=O) groups is 2. The average Bonchev–Trinajstić information content (AvgIpc) is 3.23. The third-order valence-corrected chi connectivity index (χ3v) is 6.26. The molecule has 0 N–H and O–H groups in total. The summed E-state index contributed by atoms with van der Waals surface area (Å²) < 4.78 is 19.3. The van der Waals surface area contributed by atoms with Gasteiger partial charge in [-0.1, -0.05) is 17.7 Å². The van der Waals surface area contributed by atoms with Gasteiger partial charge in [0.15, 0.2) is 0 Å². The van der Waals surface area contributed by atoms with E-state index in [-0.39, 0.29) is 46.7 Å². The standard InChI is InChI=1S/C19H22ClFN2O3/c20-14-2-1-3-15(21)13(14)10-17(24)23-11-12-4-5-16(23)18(12)19(25)22-6-8-26-9-7-22/h1-3,12,16,18H,4-11H2/t12-,16-,18+/m0/s1. The molecule has 7 heteroatoms. The van der Waals surface area contributed by atoms with Crippen molar-refractivity contribution in [3.05, 3.63) is 34.6 Å². The fourth-order valence-electron chi connectivity index (χ4n) is 4.60. The van der Waals surface area contributed by atoms with Crippen LogP contribution in [-0.4, -0.2) is 60.5 Å². The van der Waals surface area contributed by atoms with Gasteiger partial charge in [0.2, 0.25) is 11.8 Å². The maximum absolute atomic E-state index is 14.0. The summed E-state index contributed by atoms with van der Waals surface area (Å²) in [5.74, 6) is -0.399. The number of likely N-dealkylation sites (tertiary alicyclic amines) is 1. The summed E-state index contributed by atoms with van der Waals surface area (Å²) in [6.45, 7) is 2.96. The number of morpholine rings is 1. The van der Waals surface area contributed by atoms with Gasteiger partial charge in [0.25, 0.3) is 0 Å². The molecule has 2 saturated heterocycles. The third kappa shape index (κ3) is 3.09. The minimum atomic E-state index is -0.462. The molecule has 4 rings (SSSR count). The Kier molecular flexibility index (Phi) is 4.88. The zero-order valence-corrected chi connectivity index (χ0v) is 15.3. The number of amides is 2. The zero-order chi connectivity index (χ0) is 18.3. The first-order valence-electron chi connectivity index (χ1n) is 9.15. The molecular weight excluding hydrogens is 359 g/mol. The van der Waals surface area contributed by atoms with Gasteiger partial charge in [0.05, 0.1) is 25.6 Å². The zero-order valence-electron chi connectivity index (χ0n) is 14.5. The Hall–Kier alpha value is -1.66. The molecule has 2 aliphatic heterocycles. The van der Waals surface area contributed by atoms with Gasteiger partial charge in [-0.15, -0.1) is 0 Å². The van der Waals surface area contributed by atoms with E-state index in [1.54, 1.807) is 11.0 Å². The molecule has 0 aromatic heterocycles. The summed E-state index contributed by atoms with van der Waals surface area (Å²) in [7, 11) is 0. The molecule has 1 saturated carbocycles. The van der Waals surface area contributed by atoms with Gasteiger partial charge in [0.1, 0.15) is 5.82 Å². The Bertz CT molecular complexity index is 702. The topological polar surface area (TPSA) is 49.9 Å². The molecule has 1 aromatic rings. The smallest absolute Gasteiger partial charge is 0.228 e. The van der Waals surface area contributed by atoms with Gasteiger partial charge in [-0.05, 0) is 30.9 Å². The molecule has 3 atom stereocenters. The minimum absolute atomic E-state index is 0.0623. The average molecular weight is 381 g/mol. The fraction of sp³-hybridized carbons (Fsp3) is 0.579. The summed E-state index contributed by atoms with van der Waals surface area (Å²) in [4.78, 5) is 29.4. The van der Waals surface area contributed by atoms with Crippen molar-refractivity contribution in [1.82, 2.24) is 9.80 Å². The minimum Gasteiger partial charge on any atom is -0.378 e. The molecule has 1 aliphatic carbocycles. The second kappa shape index (κ2) is 7.16. The first-order chi connectivity index (χ1) is 12.6. The summed E-state index contributed by atoms with van der Waals surface area (Å²) >= 11 is 6.06. The van der Waals surface area contributed by atoms with E-state index in [0.717, 1.165) is 12.8 Å². The number of carbonyl (C=O) groups excluding carboxylic acids is 2.